The van der Waals surface area contributed by atoms with Gasteiger partial charge in [-0.05, 0) is 47.2 Å². The third-order valence-corrected chi connectivity index (χ3v) is 6.79. The van der Waals surface area contributed by atoms with Gasteiger partial charge in [-0.1, -0.05) is 33.5 Å². The lowest BCUT2D eigenvalue weighted by atomic mass is 10.1. The Balaban J connectivity index is 2.02. The zero-order valence-corrected chi connectivity index (χ0v) is 19.6. The van der Waals surface area contributed by atoms with Crippen LogP contribution in [0, 0.1) is 5.92 Å². The van der Waals surface area contributed by atoms with Crippen molar-refractivity contribution in [2.45, 2.75) is 84.8 Å². The summed E-state index contributed by atoms with van der Waals surface area (Å²) in [4.78, 5) is 4.73. The van der Waals surface area contributed by atoms with E-state index in [9.17, 15) is 0 Å². The Hall–Kier alpha value is -0.213. The van der Waals surface area contributed by atoms with Crippen molar-refractivity contribution in [3.63, 3.8) is 0 Å². The van der Waals surface area contributed by atoms with Crippen molar-refractivity contribution in [2.75, 3.05) is 13.2 Å². The van der Waals surface area contributed by atoms with E-state index in [2.05, 4.69) is 54.0 Å². The van der Waals surface area contributed by atoms with Gasteiger partial charge in [0.25, 0.3) is 0 Å². The molecule has 2 heterocycles. The van der Waals surface area contributed by atoms with E-state index in [4.69, 9.17) is 19.2 Å². The largest absolute Gasteiger partial charge is 0.361 e. The first-order chi connectivity index (χ1) is 12.3. The van der Waals surface area contributed by atoms with Crippen LogP contribution in [0.25, 0.3) is 0 Å². The molecule has 1 aromatic rings. The second kappa shape index (κ2) is 10.4. The fraction of sp³-hybridized carbons (Fsp3) is 0.842. The highest BCUT2D eigenvalue weighted by Gasteiger charge is 2.20. The van der Waals surface area contributed by atoms with Crippen molar-refractivity contribution in [2.24, 2.45) is 5.92 Å². The van der Waals surface area contributed by atoms with Crippen LogP contribution in [0.5, 0.6) is 0 Å². The van der Waals surface area contributed by atoms with Crippen LogP contribution in [0.1, 0.15) is 44.6 Å². The van der Waals surface area contributed by atoms with Crippen LogP contribution in [-0.2, 0) is 34.0 Å². The van der Waals surface area contributed by atoms with Crippen molar-refractivity contribution in [1.82, 2.24) is 9.55 Å². The predicted molar refractivity (Wildman–Crippen MR) is 111 cm³/mol. The van der Waals surface area contributed by atoms with E-state index in [0.29, 0.717) is 19.3 Å². The molecule has 1 saturated heterocycles. The van der Waals surface area contributed by atoms with Gasteiger partial charge in [-0.2, -0.15) is 0 Å². The highest BCUT2D eigenvalue weighted by atomic mass is 79.9. The van der Waals surface area contributed by atoms with Crippen LogP contribution in [0.3, 0.4) is 0 Å². The summed E-state index contributed by atoms with van der Waals surface area (Å²) in [6.07, 6.45) is 4.10. The molecule has 0 radical (unpaired) electrons. The third kappa shape index (κ3) is 7.42. The molecule has 0 aromatic carbocycles. The molecule has 0 spiro atoms. The number of hydrogen-bond donors (Lipinski definition) is 0. The normalized spacial score (nSPS) is 18.7. The van der Waals surface area contributed by atoms with Crippen molar-refractivity contribution < 1.29 is 14.2 Å². The Labute approximate surface area is 167 Å². The van der Waals surface area contributed by atoms with Gasteiger partial charge in [-0.3, -0.25) is 0 Å². The maximum atomic E-state index is 6.01. The smallest absolute Gasteiger partial charge is 0.158 e. The minimum atomic E-state index is -1.08. The van der Waals surface area contributed by atoms with Crippen LogP contribution >= 0.6 is 15.9 Å². The second-order valence-electron chi connectivity index (χ2n) is 8.75. The summed E-state index contributed by atoms with van der Waals surface area (Å²) < 4.78 is 20.8. The number of imidazole rings is 1. The summed E-state index contributed by atoms with van der Waals surface area (Å²) >= 11 is 3.62. The highest BCUT2D eigenvalue weighted by molar-refractivity contribution is 9.10. The maximum absolute atomic E-state index is 6.01. The molecular formula is C19H35BrN2O3Si. The minimum Gasteiger partial charge on any atom is -0.361 e. The van der Waals surface area contributed by atoms with Crippen LogP contribution < -0.4 is 0 Å². The molecule has 1 fully saturated rings. The van der Waals surface area contributed by atoms with Gasteiger partial charge in [-0.25, -0.2) is 4.98 Å². The average Bonchev–Trinajstić information content (AvgIpc) is 2.84. The molecule has 7 heteroatoms. The number of nitrogens with zero attached hydrogens (tertiary/aromatic N) is 2. The van der Waals surface area contributed by atoms with Crippen molar-refractivity contribution in [3.05, 3.63) is 16.1 Å². The van der Waals surface area contributed by atoms with Gasteiger partial charge in [-0.15, -0.1) is 0 Å². The summed E-state index contributed by atoms with van der Waals surface area (Å²) in [6, 6.07) is 1.17. The third-order valence-electron chi connectivity index (χ3n) is 4.45. The molecule has 0 aliphatic carbocycles. The lowest BCUT2D eigenvalue weighted by Gasteiger charge is -2.23. The highest BCUT2D eigenvalue weighted by Crippen LogP contribution is 2.24. The SMILES string of the molecule is CC(C)Cc1nc(Br)c(COC2CCCCO2)n1COCC[Si](C)(C)C. The fourth-order valence-electron chi connectivity index (χ4n) is 2.86. The van der Waals surface area contributed by atoms with Gasteiger partial charge < -0.3 is 18.8 Å². The number of aromatic nitrogens is 2. The Bertz CT molecular complexity index is 552. The van der Waals surface area contributed by atoms with Gasteiger partial charge in [0.15, 0.2) is 6.29 Å². The van der Waals surface area contributed by atoms with E-state index >= 15 is 0 Å². The quantitative estimate of drug-likeness (QED) is 0.365. The van der Waals surface area contributed by atoms with E-state index in [1.807, 2.05) is 0 Å². The standard InChI is InChI=1S/C19H35BrN2O3Si/c1-15(2)12-17-21-19(20)16(13-25-18-8-6-7-9-24-18)22(17)14-23-10-11-26(3,4)5/h15,18H,6-14H2,1-5H3. The molecule has 1 aromatic heterocycles. The molecule has 0 saturated carbocycles. The molecule has 1 aliphatic rings. The molecule has 26 heavy (non-hydrogen) atoms. The molecule has 1 atom stereocenters. The maximum Gasteiger partial charge on any atom is 0.158 e. The molecule has 0 amide bonds. The number of halogens is 1. The first-order valence-corrected chi connectivity index (χ1v) is 14.3. The molecule has 1 aliphatic heterocycles. The van der Waals surface area contributed by atoms with E-state index < -0.39 is 8.07 Å². The zero-order valence-electron chi connectivity index (χ0n) is 17.0. The van der Waals surface area contributed by atoms with Gasteiger partial charge in [0.1, 0.15) is 17.2 Å². The Morgan fingerprint density at radius 3 is 2.69 bits per heavy atom. The first kappa shape index (κ1) is 22.1. The van der Waals surface area contributed by atoms with Gasteiger partial charge >= 0.3 is 0 Å². The van der Waals surface area contributed by atoms with Gasteiger partial charge in [0, 0.05) is 27.7 Å². The summed E-state index contributed by atoms with van der Waals surface area (Å²) in [7, 11) is -1.08. The molecule has 0 N–H and O–H groups in total. The first-order valence-electron chi connectivity index (χ1n) is 9.81. The summed E-state index contributed by atoms with van der Waals surface area (Å²) in [5, 5.41) is 0. The van der Waals surface area contributed by atoms with E-state index in [-0.39, 0.29) is 6.29 Å². The molecule has 0 bridgehead atoms. The van der Waals surface area contributed by atoms with Crippen LogP contribution in [0.2, 0.25) is 25.7 Å². The topological polar surface area (TPSA) is 45.5 Å². The lowest BCUT2D eigenvalue weighted by molar-refractivity contribution is -0.170. The van der Waals surface area contributed by atoms with Crippen molar-refractivity contribution in [1.29, 1.82) is 0 Å². The molecule has 2 rings (SSSR count). The van der Waals surface area contributed by atoms with Crippen LogP contribution in [-0.4, -0.2) is 37.1 Å². The summed E-state index contributed by atoms with van der Waals surface area (Å²) in [5.41, 5.74) is 1.04. The number of ether oxygens (including phenoxy) is 3. The van der Waals surface area contributed by atoms with Crippen molar-refractivity contribution in [3.8, 4) is 0 Å². The van der Waals surface area contributed by atoms with E-state index in [1.165, 1.54) is 12.5 Å². The number of rotatable bonds is 10. The summed E-state index contributed by atoms with van der Waals surface area (Å²) in [6.45, 7) is 14.2. The minimum absolute atomic E-state index is 0.0969. The summed E-state index contributed by atoms with van der Waals surface area (Å²) in [5.74, 6) is 1.60. The van der Waals surface area contributed by atoms with Crippen molar-refractivity contribution >= 4 is 24.0 Å². The zero-order chi connectivity index (χ0) is 19.2. The second-order valence-corrected chi connectivity index (χ2v) is 15.1. The Morgan fingerprint density at radius 1 is 1.31 bits per heavy atom. The van der Waals surface area contributed by atoms with E-state index in [1.54, 1.807) is 0 Å². The Kier molecular flexibility index (Phi) is 8.80. The monoisotopic (exact) mass is 446 g/mol. The van der Waals surface area contributed by atoms with E-state index in [0.717, 1.165) is 48.6 Å². The Morgan fingerprint density at radius 2 is 2.08 bits per heavy atom. The van der Waals surface area contributed by atoms with Gasteiger partial charge in [0.05, 0.1) is 12.3 Å². The van der Waals surface area contributed by atoms with Gasteiger partial charge in [0.2, 0.25) is 0 Å². The average molecular weight is 447 g/mol. The van der Waals surface area contributed by atoms with Crippen LogP contribution in [0.4, 0.5) is 0 Å². The molecule has 5 nitrogen and oxygen atoms in total. The molecular weight excluding hydrogens is 412 g/mol. The molecule has 1 unspecified atom stereocenters. The predicted octanol–water partition coefficient (Wildman–Crippen LogP) is 5.20. The lowest BCUT2D eigenvalue weighted by Crippen LogP contribution is -2.24. The fourth-order valence-corrected chi connectivity index (χ4v) is 4.15. The molecule has 150 valence electrons. The van der Waals surface area contributed by atoms with Crippen LogP contribution in [0.15, 0.2) is 4.60 Å². The number of hydrogen-bond acceptors (Lipinski definition) is 4.